The van der Waals surface area contributed by atoms with Crippen LogP contribution in [0.25, 0.3) is 10.9 Å². The predicted octanol–water partition coefficient (Wildman–Crippen LogP) is 6.40. The van der Waals surface area contributed by atoms with Crippen LogP contribution in [-0.2, 0) is 11.2 Å². The molecule has 4 rings (SSSR count). The largest absolute Gasteiger partial charge is 0.480 e. The number of hydrogen-bond acceptors (Lipinski definition) is 2. The number of hydrogen-bond donors (Lipinski definition) is 1. The van der Waals surface area contributed by atoms with Crippen molar-refractivity contribution in [2.45, 2.75) is 39.2 Å². The number of rotatable bonds is 5. The zero-order valence-corrected chi connectivity index (χ0v) is 17.5. The van der Waals surface area contributed by atoms with Gasteiger partial charge in [0.15, 0.2) is 5.88 Å². The summed E-state index contributed by atoms with van der Waals surface area (Å²) in [5.74, 6) is 1.24. The highest BCUT2D eigenvalue weighted by Gasteiger charge is 2.33. The lowest BCUT2D eigenvalue weighted by atomic mass is 9.91. The van der Waals surface area contributed by atoms with E-state index in [-0.39, 0.29) is 6.04 Å². The Balaban J connectivity index is 1.84. The van der Waals surface area contributed by atoms with Crippen LogP contribution in [0.3, 0.4) is 0 Å². The van der Waals surface area contributed by atoms with E-state index in [2.05, 4.69) is 66.7 Å². The first kappa shape index (κ1) is 18.9. The summed E-state index contributed by atoms with van der Waals surface area (Å²) in [6.45, 7) is 12.1. The van der Waals surface area contributed by atoms with Crippen molar-refractivity contribution in [1.82, 2.24) is 9.88 Å². The zero-order chi connectivity index (χ0) is 19.8. The van der Waals surface area contributed by atoms with E-state index in [1.54, 1.807) is 0 Å². The van der Waals surface area contributed by atoms with Gasteiger partial charge in [0.2, 0.25) is 0 Å². The topological polar surface area (TPSA) is 28.3 Å². The van der Waals surface area contributed by atoms with Gasteiger partial charge in [0.05, 0.1) is 12.6 Å². The van der Waals surface area contributed by atoms with Crippen molar-refractivity contribution >= 4 is 22.5 Å². The SMILES string of the molecule is C=C(OCC)N1CCc2c([nH]c3ccc(Cl)cc23)C1c1ccc(C(C)C)cc1. The lowest BCUT2D eigenvalue weighted by Crippen LogP contribution is -2.36. The number of benzene rings is 2. The fourth-order valence-electron chi connectivity index (χ4n) is 4.19. The number of fused-ring (bicyclic) bond motifs is 3. The van der Waals surface area contributed by atoms with Crippen molar-refractivity contribution < 1.29 is 4.74 Å². The van der Waals surface area contributed by atoms with E-state index in [1.165, 1.54) is 27.8 Å². The molecule has 146 valence electrons. The molecule has 4 heteroatoms. The van der Waals surface area contributed by atoms with Crippen LogP contribution in [0.1, 0.15) is 55.1 Å². The summed E-state index contributed by atoms with van der Waals surface area (Å²) < 4.78 is 5.80. The van der Waals surface area contributed by atoms with Crippen LogP contribution in [-0.4, -0.2) is 23.0 Å². The smallest absolute Gasteiger partial charge is 0.182 e. The van der Waals surface area contributed by atoms with Crippen LogP contribution < -0.4 is 0 Å². The Hall–Kier alpha value is -2.39. The van der Waals surface area contributed by atoms with E-state index >= 15 is 0 Å². The Labute approximate surface area is 172 Å². The second-order valence-corrected chi connectivity index (χ2v) is 8.14. The zero-order valence-electron chi connectivity index (χ0n) is 16.8. The Bertz CT molecular complexity index is 1000. The maximum Gasteiger partial charge on any atom is 0.182 e. The first-order valence-corrected chi connectivity index (χ1v) is 10.4. The highest BCUT2D eigenvalue weighted by Crippen LogP contribution is 2.40. The maximum absolute atomic E-state index is 6.28. The number of halogens is 1. The van der Waals surface area contributed by atoms with Gasteiger partial charge in [-0.25, -0.2) is 0 Å². The molecule has 1 aliphatic rings. The number of nitrogens with one attached hydrogen (secondary N) is 1. The number of ether oxygens (including phenoxy) is 1. The average molecular weight is 395 g/mol. The molecule has 1 aromatic heterocycles. The van der Waals surface area contributed by atoms with E-state index < -0.39 is 0 Å². The van der Waals surface area contributed by atoms with E-state index in [0.29, 0.717) is 12.5 Å². The van der Waals surface area contributed by atoms with Crippen molar-refractivity contribution in [2.24, 2.45) is 0 Å². The van der Waals surface area contributed by atoms with Crippen LogP contribution >= 0.6 is 11.6 Å². The molecule has 0 saturated heterocycles. The average Bonchev–Trinajstić information content (AvgIpc) is 3.05. The van der Waals surface area contributed by atoms with Crippen molar-refractivity contribution in [2.75, 3.05) is 13.2 Å². The quantitative estimate of drug-likeness (QED) is 0.507. The van der Waals surface area contributed by atoms with Gasteiger partial charge in [-0.1, -0.05) is 49.7 Å². The third-order valence-corrected chi connectivity index (χ3v) is 5.87. The molecule has 0 aliphatic carbocycles. The number of H-pyrrole nitrogens is 1. The van der Waals surface area contributed by atoms with Crippen LogP contribution in [0, 0.1) is 0 Å². The summed E-state index contributed by atoms with van der Waals surface area (Å²) in [7, 11) is 0. The van der Waals surface area contributed by atoms with Gasteiger partial charge in [-0.15, -0.1) is 0 Å². The Morgan fingerprint density at radius 2 is 2.00 bits per heavy atom. The lowest BCUT2D eigenvalue weighted by molar-refractivity contribution is 0.0980. The molecule has 1 aliphatic heterocycles. The van der Waals surface area contributed by atoms with Gasteiger partial charge in [-0.2, -0.15) is 0 Å². The van der Waals surface area contributed by atoms with Crippen molar-refractivity contribution in [1.29, 1.82) is 0 Å². The third kappa shape index (κ3) is 3.29. The summed E-state index contributed by atoms with van der Waals surface area (Å²) >= 11 is 6.28. The number of aromatic nitrogens is 1. The fraction of sp³-hybridized carbons (Fsp3) is 0.333. The minimum Gasteiger partial charge on any atom is -0.480 e. The molecule has 0 radical (unpaired) electrons. The molecule has 2 heterocycles. The molecule has 3 nitrogen and oxygen atoms in total. The Kier molecular flexibility index (Phi) is 5.11. The van der Waals surface area contributed by atoms with Gasteiger partial charge in [0.1, 0.15) is 0 Å². The van der Waals surface area contributed by atoms with E-state index in [1.807, 2.05) is 13.0 Å². The van der Waals surface area contributed by atoms with Gasteiger partial charge in [-0.3, -0.25) is 0 Å². The molecule has 28 heavy (non-hydrogen) atoms. The number of aromatic amines is 1. The molecule has 0 amide bonds. The normalized spacial score (nSPS) is 16.5. The molecular formula is C24H27ClN2O. The highest BCUT2D eigenvalue weighted by molar-refractivity contribution is 6.31. The molecule has 0 spiro atoms. The predicted molar refractivity (Wildman–Crippen MR) is 117 cm³/mol. The molecule has 1 atom stereocenters. The Morgan fingerprint density at radius 3 is 2.68 bits per heavy atom. The van der Waals surface area contributed by atoms with Crippen LogP contribution in [0.2, 0.25) is 5.02 Å². The van der Waals surface area contributed by atoms with E-state index in [0.717, 1.165) is 29.4 Å². The van der Waals surface area contributed by atoms with Crippen molar-refractivity contribution in [3.63, 3.8) is 0 Å². The second-order valence-electron chi connectivity index (χ2n) is 7.70. The van der Waals surface area contributed by atoms with E-state index in [4.69, 9.17) is 16.3 Å². The summed E-state index contributed by atoms with van der Waals surface area (Å²) in [5.41, 5.74) is 6.27. The third-order valence-electron chi connectivity index (χ3n) is 5.64. The summed E-state index contributed by atoms with van der Waals surface area (Å²) in [6, 6.07) is 15.1. The molecule has 0 fully saturated rings. The maximum atomic E-state index is 6.28. The molecule has 1 N–H and O–H groups in total. The summed E-state index contributed by atoms with van der Waals surface area (Å²) in [6.07, 6.45) is 0.933. The Morgan fingerprint density at radius 1 is 1.25 bits per heavy atom. The van der Waals surface area contributed by atoms with E-state index in [9.17, 15) is 0 Å². The second kappa shape index (κ2) is 7.56. The summed E-state index contributed by atoms with van der Waals surface area (Å²) in [5, 5.41) is 1.99. The highest BCUT2D eigenvalue weighted by atomic mass is 35.5. The summed E-state index contributed by atoms with van der Waals surface area (Å²) in [4.78, 5) is 5.93. The van der Waals surface area contributed by atoms with Gasteiger partial charge in [0, 0.05) is 28.2 Å². The molecule has 0 saturated carbocycles. The monoisotopic (exact) mass is 394 g/mol. The van der Waals surface area contributed by atoms with Crippen molar-refractivity contribution in [3.05, 3.63) is 82.3 Å². The molecule has 1 unspecified atom stereocenters. The van der Waals surface area contributed by atoms with Gasteiger partial charge < -0.3 is 14.6 Å². The first-order chi connectivity index (χ1) is 13.5. The minimum absolute atomic E-state index is 0.0511. The molecule has 2 aromatic carbocycles. The van der Waals surface area contributed by atoms with Gasteiger partial charge >= 0.3 is 0 Å². The van der Waals surface area contributed by atoms with Gasteiger partial charge in [-0.05, 0) is 60.7 Å². The van der Waals surface area contributed by atoms with Crippen molar-refractivity contribution in [3.8, 4) is 0 Å². The number of nitrogens with zero attached hydrogens (tertiary/aromatic N) is 1. The fourth-order valence-corrected chi connectivity index (χ4v) is 4.36. The molecule has 3 aromatic rings. The van der Waals surface area contributed by atoms with Gasteiger partial charge in [0.25, 0.3) is 0 Å². The standard InChI is InChI=1S/C24H27ClN2O/c1-5-28-16(4)27-13-12-20-21-14-19(25)10-11-22(21)26-23(20)24(27)18-8-6-17(7-9-18)15(2)3/h6-11,14-15,24,26H,4-5,12-13H2,1-3H3. The van der Waals surface area contributed by atoms with Crippen LogP contribution in [0.4, 0.5) is 0 Å². The van der Waals surface area contributed by atoms with Crippen LogP contribution in [0.5, 0.6) is 0 Å². The lowest BCUT2D eigenvalue weighted by Gasteiger charge is -2.38. The first-order valence-electron chi connectivity index (χ1n) is 9.97. The molecular weight excluding hydrogens is 368 g/mol. The van der Waals surface area contributed by atoms with Crippen LogP contribution in [0.15, 0.2) is 54.9 Å². The molecule has 0 bridgehead atoms. The minimum atomic E-state index is 0.0511.